The van der Waals surface area contributed by atoms with Crippen molar-refractivity contribution >= 4 is 74.0 Å². The van der Waals surface area contributed by atoms with E-state index in [1.165, 1.54) is 21.6 Å². The molecule has 49 heavy (non-hydrogen) atoms. The molecule has 0 aliphatic carbocycles. The number of benzene rings is 2. The topological polar surface area (TPSA) is 207 Å². The second-order valence-corrected chi connectivity index (χ2v) is 16.0. The van der Waals surface area contributed by atoms with Crippen molar-refractivity contribution in [3.05, 3.63) is 71.8 Å². The van der Waals surface area contributed by atoms with Gasteiger partial charge < -0.3 is 33.2 Å². The Hall–Kier alpha value is -3.02. The van der Waals surface area contributed by atoms with E-state index in [4.69, 9.17) is 17.2 Å². The number of rotatable bonds is 22. The number of hydrogen-bond acceptors (Lipinski definition) is 8. The van der Waals surface area contributed by atoms with Crippen LogP contribution in [0.5, 0.6) is 0 Å². The number of halogens is 1. The van der Waals surface area contributed by atoms with Crippen LogP contribution in [0.2, 0.25) is 0 Å². The van der Waals surface area contributed by atoms with Crippen LogP contribution in [0.15, 0.2) is 65.7 Å². The molecule has 0 radical (unpaired) electrons. The fourth-order valence-electron chi connectivity index (χ4n) is 4.90. The van der Waals surface area contributed by atoms with Gasteiger partial charge in [-0.15, -0.1) is 0 Å². The van der Waals surface area contributed by atoms with Crippen molar-refractivity contribution in [1.82, 2.24) is 19.5 Å². The lowest BCUT2D eigenvalue weighted by Crippen LogP contribution is -2.61. The second kappa shape index (κ2) is 21.3. The van der Waals surface area contributed by atoms with Crippen LogP contribution in [-0.2, 0) is 32.0 Å². The standard InChI is InChI=1S/C34H51IN8O4S2/c1-23(2)20-27(49-48-19-18-39-31(47)34(4,43-35)22-25-14-9-6-10-15-25)29(45)41-26(16-11-17-40-32(37)38)28(44)42-33(3,30(36)46)21-24-12-7-5-8-13-24/h5-10,12-15,23,26-27,43H,11,16-22H2,1-4H3,(H2,36,46)(H,39,47)(H,41,45)(H,42,44)(H4,37,38,40)/t26-,27-,33+,34+/m0/s1. The van der Waals surface area contributed by atoms with Gasteiger partial charge in [0.05, 0.1) is 5.25 Å². The van der Waals surface area contributed by atoms with E-state index < -0.39 is 34.2 Å². The molecule has 12 nitrogen and oxygen atoms in total. The molecule has 0 saturated heterocycles. The van der Waals surface area contributed by atoms with E-state index >= 15 is 0 Å². The summed E-state index contributed by atoms with van der Waals surface area (Å²) in [6.45, 7) is 8.17. The third-order valence-electron chi connectivity index (χ3n) is 7.66. The third kappa shape index (κ3) is 15.2. The summed E-state index contributed by atoms with van der Waals surface area (Å²) in [5.74, 6) is -0.927. The monoisotopic (exact) mass is 826 g/mol. The van der Waals surface area contributed by atoms with Gasteiger partial charge in [-0.1, -0.05) is 96.1 Å². The molecule has 2 aromatic carbocycles. The molecule has 0 heterocycles. The summed E-state index contributed by atoms with van der Waals surface area (Å²) in [7, 11) is 2.89. The fraction of sp³-hybridized carbons (Fsp3) is 0.500. The fourth-order valence-corrected chi connectivity index (χ4v) is 7.93. The zero-order valence-electron chi connectivity index (χ0n) is 28.7. The molecule has 0 fully saturated rings. The van der Waals surface area contributed by atoms with Crippen LogP contribution >= 0.6 is 44.5 Å². The predicted octanol–water partition coefficient (Wildman–Crippen LogP) is 2.98. The van der Waals surface area contributed by atoms with Gasteiger partial charge in [0.2, 0.25) is 23.6 Å². The lowest BCUT2D eigenvalue weighted by Gasteiger charge is -2.30. The van der Waals surface area contributed by atoms with Gasteiger partial charge in [-0.25, -0.2) is 3.53 Å². The average molecular weight is 827 g/mol. The summed E-state index contributed by atoms with van der Waals surface area (Å²) in [5, 5.41) is 8.26. The Morgan fingerprint density at radius 2 is 1.45 bits per heavy atom. The van der Waals surface area contributed by atoms with Crippen LogP contribution in [0.4, 0.5) is 0 Å². The highest BCUT2D eigenvalue weighted by Gasteiger charge is 2.36. The quantitative estimate of drug-likeness (QED) is 0.0232. The highest BCUT2D eigenvalue weighted by molar-refractivity contribution is 14.1. The molecular weight excluding hydrogens is 775 g/mol. The largest absolute Gasteiger partial charge is 0.370 e. The van der Waals surface area contributed by atoms with E-state index in [1.54, 1.807) is 6.92 Å². The summed E-state index contributed by atoms with van der Waals surface area (Å²) in [6, 6.07) is 18.1. The maximum Gasteiger partial charge on any atom is 0.243 e. The predicted molar refractivity (Wildman–Crippen MR) is 210 cm³/mol. The minimum Gasteiger partial charge on any atom is -0.370 e. The van der Waals surface area contributed by atoms with E-state index in [0.29, 0.717) is 31.6 Å². The molecule has 15 heteroatoms. The third-order valence-corrected chi connectivity index (χ3v) is 11.6. The lowest BCUT2D eigenvalue weighted by molar-refractivity contribution is -0.134. The number of carbonyl (C=O) groups is 4. The van der Waals surface area contributed by atoms with Gasteiger partial charge in [-0.3, -0.25) is 24.2 Å². The van der Waals surface area contributed by atoms with E-state index in [9.17, 15) is 19.2 Å². The van der Waals surface area contributed by atoms with E-state index in [1.807, 2.05) is 104 Å². The molecule has 0 saturated carbocycles. The number of primary amides is 1. The number of amides is 4. The number of aliphatic imine (C=N–C) groups is 1. The van der Waals surface area contributed by atoms with Crippen LogP contribution in [0, 0.1) is 5.92 Å². The Bertz CT molecular complexity index is 1380. The number of guanidine groups is 1. The van der Waals surface area contributed by atoms with Crippen LogP contribution in [0.1, 0.15) is 58.1 Å². The van der Waals surface area contributed by atoms with Crippen molar-refractivity contribution in [2.75, 3.05) is 18.8 Å². The maximum absolute atomic E-state index is 13.7. The van der Waals surface area contributed by atoms with Crippen molar-refractivity contribution in [1.29, 1.82) is 0 Å². The Labute approximate surface area is 312 Å². The molecule has 4 amide bonds. The maximum atomic E-state index is 13.7. The summed E-state index contributed by atoms with van der Waals surface area (Å²) in [5.41, 5.74) is 16.4. The van der Waals surface area contributed by atoms with Crippen molar-refractivity contribution < 1.29 is 19.2 Å². The van der Waals surface area contributed by atoms with E-state index in [-0.39, 0.29) is 43.1 Å². The Balaban J connectivity index is 2.07. The summed E-state index contributed by atoms with van der Waals surface area (Å²) >= 11 is 2.01. The first-order valence-electron chi connectivity index (χ1n) is 16.2. The van der Waals surface area contributed by atoms with Crippen molar-refractivity contribution in [2.24, 2.45) is 28.1 Å². The van der Waals surface area contributed by atoms with Gasteiger partial charge in [-0.05, 0) is 56.6 Å². The SMILES string of the molecule is CC(C)C[C@H](SSCCNC(=O)[C@@](C)(Cc1ccccc1)NI)C(=O)N[C@@H](CCCN=C(N)N)C(=O)N[C@](C)(Cc1ccccc1)C(N)=O. The molecule has 270 valence electrons. The summed E-state index contributed by atoms with van der Waals surface area (Å²) in [6.07, 6.45) is 1.93. The molecule has 4 atom stereocenters. The smallest absolute Gasteiger partial charge is 0.243 e. The van der Waals surface area contributed by atoms with Gasteiger partial charge in [0.25, 0.3) is 0 Å². The molecular formula is C34H51IN8O4S2. The van der Waals surface area contributed by atoms with E-state index in [0.717, 1.165) is 11.1 Å². The average Bonchev–Trinajstić information content (AvgIpc) is 3.05. The molecule has 0 aliphatic heterocycles. The first kappa shape index (κ1) is 42.1. The van der Waals surface area contributed by atoms with Crippen LogP contribution in [-0.4, -0.2) is 70.8 Å². The lowest BCUT2D eigenvalue weighted by atomic mass is 9.91. The normalized spacial score (nSPS) is 14.8. The van der Waals surface area contributed by atoms with Crippen LogP contribution in [0.25, 0.3) is 0 Å². The molecule has 10 N–H and O–H groups in total. The molecule has 0 aliphatic rings. The number of nitrogens with two attached hydrogens (primary N) is 3. The summed E-state index contributed by atoms with van der Waals surface area (Å²) < 4.78 is 3.12. The van der Waals surface area contributed by atoms with Gasteiger partial charge in [0.1, 0.15) is 17.1 Å². The Kier molecular flexibility index (Phi) is 18.3. The molecule has 0 spiro atoms. The van der Waals surface area contributed by atoms with Gasteiger partial charge >= 0.3 is 0 Å². The minimum absolute atomic E-state index is 0.0674. The van der Waals surface area contributed by atoms with Crippen molar-refractivity contribution in [3.8, 4) is 0 Å². The molecule has 0 unspecified atom stereocenters. The molecule has 2 aromatic rings. The van der Waals surface area contributed by atoms with Crippen LogP contribution in [0.3, 0.4) is 0 Å². The molecule has 2 rings (SSSR count). The first-order chi connectivity index (χ1) is 23.2. The highest BCUT2D eigenvalue weighted by atomic mass is 127. The van der Waals surface area contributed by atoms with Crippen molar-refractivity contribution in [2.45, 2.75) is 82.2 Å². The second-order valence-electron chi connectivity index (χ2n) is 12.7. The van der Waals surface area contributed by atoms with Crippen LogP contribution < -0.4 is 36.7 Å². The number of hydrogen-bond donors (Lipinski definition) is 7. The Morgan fingerprint density at radius 3 is 1.96 bits per heavy atom. The number of nitrogens with one attached hydrogen (secondary N) is 4. The van der Waals surface area contributed by atoms with Crippen molar-refractivity contribution in [3.63, 3.8) is 0 Å². The molecule has 0 bridgehead atoms. The van der Waals surface area contributed by atoms with Gasteiger partial charge in [0, 0.05) is 48.1 Å². The minimum atomic E-state index is -1.39. The summed E-state index contributed by atoms with van der Waals surface area (Å²) in [4.78, 5) is 57.0. The number of nitrogens with zero attached hydrogens (tertiary/aromatic N) is 1. The zero-order valence-corrected chi connectivity index (χ0v) is 32.5. The molecule has 0 aromatic heterocycles. The van der Waals surface area contributed by atoms with Gasteiger partial charge in [0.15, 0.2) is 5.96 Å². The van der Waals surface area contributed by atoms with Gasteiger partial charge in [-0.2, -0.15) is 0 Å². The zero-order chi connectivity index (χ0) is 36.5. The Morgan fingerprint density at radius 1 is 0.878 bits per heavy atom. The first-order valence-corrected chi connectivity index (χ1v) is 19.6. The highest BCUT2D eigenvalue weighted by Crippen LogP contribution is 2.31. The number of carbonyl (C=O) groups excluding carboxylic acids is 4. The van der Waals surface area contributed by atoms with E-state index in [2.05, 4.69) is 24.5 Å².